The van der Waals surface area contributed by atoms with Gasteiger partial charge in [-0.25, -0.2) is 4.72 Å². The van der Waals surface area contributed by atoms with Crippen molar-refractivity contribution in [3.8, 4) is 6.07 Å². The molecule has 0 radical (unpaired) electrons. The largest absolute Gasteiger partial charge is 0.279 e. The molecule has 16 heavy (non-hydrogen) atoms. The maximum absolute atomic E-state index is 11.9. The Balaban J connectivity index is 2.46. The lowest BCUT2D eigenvalue weighted by atomic mass is 10.1. The number of hydrogen-bond donors (Lipinski definition) is 1. The zero-order chi connectivity index (χ0) is 12.0. The highest BCUT2D eigenvalue weighted by atomic mass is 32.2. The molecule has 0 aromatic heterocycles. The molecule has 0 saturated carbocycles. The summed E-state index contributed by atoms with van der Waals surface area (Å²) in [5.74, 6) is 0. The van der Waals surface area contributed by atoms with E-state index in [2.05, 4.69) is 4.72 Å². The number of unbranched alkanes of at least 4 members (excludes halogenated alkanes) is 1. The van der Waals surface area contributed by atoms with E-state index in [-0.39, 0.29) is 6.04 Å². The minimum atomic E-state index is -3.34. The highest BCUT2D eigenvalue weighted by Crippen LogP contribution is 2.18. The van der Waals surface area contributed by atoms with E-state index in [1.54, 1.807) is 0 Å². The van der Waals surface area contributed by atoms with Gasteiger partial charge in [-0.3, -0.25) is 0 Å². The fourth-order valence-electron chi connectivity index (χ4n) is 1.88. The van der Waals surface area contributed by atoms with Gasteiger partial charge in [-0.2, -0.15) is 18.0 Å². The molecule has 1 aliphatic heterocycles. The highest BCUT2D eigenvalue weighted by molar-refractivity contribution is 7.87. The molecular weight excluding hydrogens is 226 g/mol. The van der Waals surface area contributed by atoms with E-state index in [4.69, 9.17) is 5.26 Å². The standard InChI is InChI=1S/C10H19N3O2S/c1-10-6-2-5-9-13(10)16(14,15)12-8-4-3-7-11/h10,12H,2-6,8-9H2,1H3. The minimum absolute atomic E-state index is 0.0854. The molecule has 1 N–H and O–H groups in total. The van der Waals surface area contributed by atoms with Gasteiger partial charge in [0.2, 0.25) is 0 Å². The van der Waals surface area contributed by atoms with Crippen molar-refractivity contribution in [2.75, 3.05) is 13.1 Å². The Hall–Kier alpha value is -0.640. The van der Waals surface area contributed by atoms with Crippen LogP contribution in [0.2, 0.25) is 0 Å². The first-order valence-electron chi connectivity index (χ1n) is 5.71. The molecule has 5 nitrogen and oxygen atoms in total. The van der Waals surface area contributed by atoms with E-state index in [1.165, 1.54) is 4.31 Å². The van der Waals surface area contributed by atoms with Gasteiger partial charge >= 0.3 is 0 Å². The Labute approximate surface area is 97.6 Å². The second-order valence-electron chi connectivity index (χ2n) is 4.12. The molecule has 0 aliphatic carbocycles. The van der Waals surface area contributed by atoms with Crippen LogP contribution in [-0.2, 0) is 10.2 Å². The molecule has 1 aliphatic rings. The number of piperidine rings is 1. The number of nitrogens with one attached hydrogen (secondary N) is 1. The van der Waals surface area contributed by atoms with Gasteiger partial charge in [-0.1, -0.05) is 6.42 Å². The fraction of sp³-hybridized carbons (Fsp3) is 0.900. The number of hydrogen-bond acceptors (Lipinski definition) is 3. The summed E-state index contributed by atoms with van der Waals surface area (Å²) in [6.45, 7) is 2.89. The van der Waals surface area contributed by atoms with E-state index in [0.717, 1.165) is 19.3 Å². The Bertz CT molecular complexity index is 348. The van der Waals surface area contributed by atoms with Crippen molar-refractivity contribution in [2.45, 2.75) is 45.1 Å². The molecular formula is C10H19N3O2S. The van der Waals surface area contributed by atoms with Crippen LogP contribution < -0.4 is 4.72 Å². The van der Waals surface area contributed by atoms with Crippen LogP contribution in [0, 0.1) is 11.3 Å². The highest BCUT2D eigenvalue weighted by Gasteiger charge is 2.28. The van der Waals surface area contributed by atoms with Gasteiger partial charge in [0.25, 0.3) is 10.2 Å². The molecule has 1 unspecified atom stereocenters. The Morgan fingerprint density at radius 2 is 2.25 bits per heavy atom. The Kier molecular flexibility index (Phi) is 5.19. The number of rotatable bonds is 5. The fourth-order valence-corrected chi connectivity index (χ4v) is 3.40. The molecule has 1 rings (SSSR count). The van der Waals surface area contributed by atoms with E-state index < -0.39 is 10.2 Å². The molecule has 92 valence electrons. The molecule has 0 bridgehead atoms. The van der Waals surface area contributed by atoms with E-state index in [1.807, 2.05) is 13.0 Å². The average molecular weight is 245 g/mol. The Morgan fingerprint density at radius 3 is 2.88 bits per heavy atom. The summed E-state index contributed by atoms with van der Waals surface area (Å²) in [6.07, 6.45) is 3.92. The summed E-state index contributed by atoms with van der Waals surface area (Å²) in [7, 11) is -3.34. The lowest BCUT2D eigenvalue weighted by Gasteiger charge is -2.32. The van der Waals surface area contributed by atoms with Crippen molar-refractivity contribution < 1.29 is 8.42 Å². The van der Waals surface area contributed by atoms with E-state index >= 15 is 0 Å². The lowest BCUT2D eigenvalue weighted by molar-refractivity contribution is 0.265. The second kappa shape index (κ2) is 6.18. The van der Waals surface area contributed by atoms with Crippen LogP contribution in [0.25, 0.3) is 0 Å². The van der Waals surface area contributed by atoms with Crippen LogP contribution in [0.4, 0.5) is 0 Å². The first-order chi connectivity index (χ1) is 7.58. The summed E-state index contributed by atoms with van der Waals surface area (Å²) in [4.78, 5) is 0. The summed E-state index contributed by atoms with van der Waals surface area (Å²) < 4.78 is 27.9. The molecule has 1 atom stereocenters. The van der Waals surface area contributed by atoms with Gasteiger partial charge in [0.1, 0.15) is 0 Å². The van der Waals surface area contributed by atoms with Crippen molar-refractivity contribution in [3.63, 3.8) is 0 Å². The van der Waals surface area contributed by atoms with E-state index in [9.17, 15) is 8.42 Å². The molecule has 0 aromatic rings. The molecule has 0 aromatic carbocycles. The quantitative estimate of drug-likeness (QED) is 0.734. The van der Waals surface area contributed by atoms with Gasteiger partial charge < -0.3 is 0 Å². The van der Waals surface area contributed by atoms with Gasteiger partial charge in [-0.05, 0) is 26.2 Å². The van der Waals surface area contributed by atoms with Crippen molar-refractivity contribution in [1.29, 1.82) is 5.26 Å². The average Bonchev–Trinajstić information content (AvgIpc) is 2.25. The third-order valence-corrected chi connectivity index (χ3v) is 4.53. The summed E-state index contributed by atoms with van der Waals surface area (Å²) in [5, 5.41) is 8.35. The molecule has 0 amide bonds. The normalized spacial score (nSPS) is 22.9. The summed E-state index contributed by atoms with van der Waals surface area (Å²) in [6, 6.07) is 2.08. The smallest absolute Gasteiger partial charge is 0.202 e. The number of nitriles is 1. The van der Waals surface area contributed by atoms with Crippen molar-refractivity contribution in [1.82, 2.24) is 9.03 Å². The van der Waals surface area contributed by atoms with Crippen LogP contribution in [0.3, 0.4) is 0 Å². The predicted octanol–water partition coefficient (Wildman–Crippen LogP) is 0.999. The second-order valence-corrected chi connectivity index (χ2v) is 5.82. The molecule has 0 spiro atoms. The first kappa shape index (κ1) is 13.4. The molecule has 1 heterocycles. The van der Waals surface area contributed by atoms with Crippen LogP contribution in [0.15, 0.2) is 0 Å². The zero-order valence-electron chi connectivity index (χ0n) is 9.65. The van der Waals surface area contributed by atoms with Gasteiger partial charge in [-0.15, -0.1) is 0 Å². The predicted molar refractivity (Wildman–Crippen MR) is 61.8 cm³/mol. The third-order valence-electron chi connectivity index (χ3n) is 2.80. The monoisotopic (exact) mass is 245 g/mol. The summed E-state index contributed by atoms with van der Waals surface area (Å²) >= 11 is 0. The van der Waals surface area contributed by atoms with Gasteiger partial charge in [0, 0.05) is 25.6 Å². The van der Waals surface area contributed by atoms with Crippen molar-refractivity contribution in [2.24, 2.45) is 0 Å². The van der Waals surface area contributed by atoms with Crippen LogP contribution >= 0.6 is 0 Å². The zero-order valence-corrected chi connectivity index (χ0v) is 10.5. The maximum atomic E-state index is 11.9. The minimum Gasteiger partial charge on any atom is -0.202 e. The van der Waals surface area contributed by atoms with Gasteiger partial charge in [0.15, 0.2) is 0 Å². The SMILES string of the molecule is CC1CCCCN1S(=O)(=O)NCCCC#N. The van der Waals surface area contributed by atoms with Crippen LogP contribution in [0.1, 0.15) is 39.0 Å². The third kappa shape index (κ3) is 3.74. The lowest BCUT2D eigenvalue weighted by Crippen LogP contribution is -2.48. The topological polar surface area (TPSA) is 73.2 Å². The van der Waals surface area contributed by atoms with Gasteiger partial charge in [0.05, 0.1) is 6.07 Å². The van der Waals surface area contributed by atoms with Crippen LogP contribution in [-0.4, -0.2) is 31.9 Å². The van der Waals surface area contributed by atoms with Crippen LogP contribution in [0.5, 0.6) is 0 Å². The van der Waals surface area contributed by atoms with Crippen molar-refractivity contribution in [3.05, 3.63) is 0 Å². The maximum Gasteiger partial charge on any atom is 0.279 e. The first-order valence-corrected chi connectivity index (χ1v) is 7.15. The molecule has 6 heteroatoms. The van der Waals surface area contributed by atoms with Crippen molar-refractivity contribution >= 4 is 10.2 Å². The molecule has 1 saturated heterocycles. The Morgan fingerprint density at radius 1 is 1.50 bits per heavy atom. The van der Waals surface area contributed by atoms with E-state index in [0.29, 0.717) is 25.9 Å². The number of nitrogens with zero attached hydrogens (tertiary/aromatic N) is 2. The summed E-state index contributed by atoms with van der Waals surface area (Å²) in [5.41, 5.74) is 0. The molecule has 1 fully saturated rings.